The van der Waals surface area contributed by atoms with Crippen LogP contribution in [0.2, 0.25) is 0 Å². The molecule has 8 nitrogen and oxygen atoms in total. The van der Waals surface area contributed by atoms with Crippen LogP contribution in [0.15, 0.2) is 46.3 Å². The minimum Gasteiger partial charge on any atom is -0.337 e. The van der Waals surface area contributed by atoms with Gasteiger partial charge in [-0.2, -0.15) is 4.98 Å². The number of fused-ring (bicyclic) bond motifs is 6. The summed E-state index contributed by atoms with van der Waals surface area (Å²) >= 11 is 0. The standard InChI is InChI=1S/C18H17N7O/c1-2-6-12(5-1)17-21-18(22-26-17)24-11-20-16-13-7-3-4-8-14(13)23-10-19-9-15(23)25(16)24/h3-4,7-10,12H,1-2,5-6,11H2. The lowest BCUT2D eigenvalue weighted by Crippen LogP contribution is -2.46. The SMILES string of the molecule is c1ccc2c(c1)C1=NCN(c3noc(C4CCCC4)n3)N1c1cncn1-2. The Morgan fingerprint density at radius 1 is 1.12 bits per heavy atom. The summed E-state index contributed by atoms with van der Waals surface area (Å²) in [5, 5.41) is 8.21. The molecule has 2 aliphatic heterocycles. The van der Waals surface area contributed by atoms with E-state index in [1.165, 1.54) is 12.8 Å². The van der Waals surface area contributed by atoms with E-state index >= 15 is 0 Å². The van der Waals surface area contributed by atoms with Gasteiger partial charge in [-0.15, -0.1) is 0 Å². The number of rotatable bonds is 2. The Morgan fingerprint density at radius 3 is 2.92 bits per heavy atom. The number of para-hydroxylation sites is 1. The van der Waals surface area contributed by atoms with Crippen LogP contribution < -0.4 is 10.0 Å². The minimum atomic E-state index is 0.395. The third kappa shape index (κ3) is 1.84. The van der Waals surface area contributed by atoms with Gasteiger partial charge in [0.1, 0.15) is 13.0 Å². The molecule has 6 rings (SSSR count). The average molecular weight is 347 g/mol. The minimum absolute atomic E-state index is 0.395. The topological polar surface area (TPSA) is 75.6 Å². The number of amidine groups is 1. The summed E-state index contributed by atoms with van der Waals surface area (Å²) in [6, 6.07) is 8.21. The van der Waals surface area contributed by atoms with Crippen LogP contribution in [0.3, 0.4) is 0 Å². The van der Waals surface area contributed by atoms with Crippen molar-refractivity contribution >= 4 is 17.6 Å². The first-order chi connectivity index (χ1) is 12.9. The number of hydrogen-bond donors (Lipinski definition) is 0. The van der Waals surface area contributed by atoms with E-state index in [9.17, 15) is 0 Å². The van der Waals surface area contributed by atoms with Crippen LogP contribution in [-0.2, 0) is 0 Å². The fourth-order valence-electron chi connectivity index (χ4n) is 4.14. The molecule has 1 aliphatic carbocycles. The fourth-order valence-corrected chi connectivity index (χ4v) is 4.14. The molecule has 0 atom stereocenters. The van der Waals surface area contributed by atoms with E-state index in [0.717, 1.165) is 41.6 Å². The molecule has 0 amide bonds. The van der Waals surface area contributed by atoms with Gasteiger partial charge in [-0.25, -0.2) is 20.0 Å². The lowest BCUT2D eigenvalue weighted by molar-refractivity contribution is 0.353. The summed E-state index contributed by atoms with van der Waals surface area (Å²) in [5.74, 6) is 3.51. The zero-order chi connectivity index (χ0) is 17.1. The Balaban J connectivity index is 1.42. The highest BCUT2D eigenvalue weighted by molar-refractivity contribution is 6.16. The van der Waals surface area contributed by atoms with Crippen molar-refractivity contribution in [2.75, 3.05) is 16.7 Å². The Morgan fingerprint density at radius 2 is 2.00 bits per heavy atom. The third-order valence-electron chi connectivity index (χ3n) is 5.40. The van der Waals surface area contributed by atoms with Crippen molar-refractivity contribution < 1.29 is 4.52 Å². The molecule has 0 radical (unpaired) electrons. The van der Waals surface area contributed by atoms with E-state index in [1.807, 2.05) is 34.7 Å². The van der Waals surface area contributed by atoms with Gasteiger partial charge in [0.15, 0.2) is 11.7 Å². The maximum absolute atomic E-state index is 5.58. The van der Waals surface area contributed by atoms with Crippen LogP contribution >= 0.6 is 0 Å². The van der Waals surface area contributed by atoms with Crippen molar-refractivity contribution in [1.29, 1.82) is 0 Å². The molecule has 130 valence electrons. The molecule has 0 spiro atoms. The van der Waals surface area contributed by atoms with Crippen LogP contribution in [0.4, 0.5) is 11.8 Å². The van der Waals surface area contributed by atoms with Gasteiger partial charge in [-0.3, -0.25) is 4.57 Å². The first kappa shape index (κ1) is 14.1. The maximum Gasteiger partial charge on any atom is 0.287 e. The summed E-state index contributed by atoms with van der Waals surface area (Å²) in [6.07, 6.45) is 8.40. The zero-order valence-corrected chi connectivity index (χ0v) is 14.1. The normalized spacial score (nSPS) is 18.7. The van der Waals surface area contributed by atoms with E-state index in [4.69, 9.17) is 9.52 Å². The molecule has 0 saturated heterocycles. The smallest absolute Gasteiger partial charge is 0.287 e. The Hall–Kier alpha value is -3.16. The van der Waals surface area contributed by atoms with Crippen molar-refractivity contribution in [3.8, 4) is 5.69 Å². The number of aromatic nitrogens is 4. The van der Waals surface area contributed by atoms with Crippen LogP contribution in [0.5, 0.6) is 0 Å². The molecule has 0 bridgehead atoms. The molecule has 8 heteroatoms. The van der Waals surface area contributed by atoms with E-state index in [1.54, 1.807) is 0 Å². The second-order valence-corrected chi connectivity index (χ2v) is 6.89. The number of nitrogens with zero attached hydrogens (tertiary/aromatic N) is 7. The highest BCUT2D eigenvalue weighted by Gasteiger charge is 2.38. The first-order valence-electron chi connectivity index (χ1n) is 8.98. The second kappa shape index (κ2) is 5.17. The van der Waals surface area contributed by atoms with E-state index < -0.39 is 0 Å². The van der Waals surface area contributed by atoms with Gasteiger partial charge in [0, 0.05) is 11.5 Å². The molecule has 0 N–H and O–H groups in total. The van der Waals surface area contributed by atoms with Gasteiger partial charge < -0.3 is 4.52 Å². The van der Waals surface area contributed by atoms with Gasteiger partial charge >= 0.3 is 0 Å². The molecule has 2 aromatic heterocycles. The molecule has 3 aliphatic rings. The lowest BCUT2D eigenvalue weighted by atomic mass is 10.1. The van der Waals surface area contributed by atoms with Gasteiger partial charge in [-0.05, 0) is 30.1 Å². The van der Waals surface area contributed by atoms with E-state index in [0.29, 0.717) is 18.5 Å². The fraction of sp³-hybridized carbons (Fsp3) is 0.333. The first-order valence-corrected chi connectivity index (χ1v) is 8.98. The summed E-state index contributed by atoms with van der Waals surface area (Å²) in [6.45, 7) is 0.457. The Bertz CT molecular complexity index is 1010. The van der Waals surface area contributed by atoms with Gasteiger partial charge in [0.2, 0.25) is 5.89 Å². The molecule has 0 unspecified atom stereocenters. The Labute approximate surface area is 149 Å². The van der Waals surface area contributed by atoms with Crippen molar-refractivity contribution in [2.45, 2.75) is 31.6 Å². The monoisotopic (exact) mass is 347 g/mol. The highest BCUT2D eigenvalue weighted by atomic mass is 16.5. The second-order valence-electron chi connectivity index (χ2n) is 6.89. The molecule has 26 heavy (non-hydrogen) atoms. The summed E-state index contributed by atoms with van der Waals surface area (Å²) in [5.41, 5.74) is 2.15. The zero-order valence-electron chi connectivity index (χ0n) is 14.1. The number of anilines is 2. The predicted molar refractivity (Wildman–Crippen MR) is 95.4 cm³/mol. The van der Waals surface area contributed by atoms with E-state index in [2.05, 4.69) is 31.8 Å². The molecular weight excluding hydrogens is 330 g/mol. The van der Waals surface area contributed by atoms with Crippen molar-refractivity contribution in [2.24, 2.45) is 4.99 Å². The lowest BCUT2D eigenvalue weighted by Gasteiger charge is -2.33. The molecule has 1 fully saturated rings. The Kier molecular flexibility index (Phi) is 2.79. The molecular formula is C18H17N7O. The number of aliphatic imine (C=N–C) groups is 1. The molecule has 1 saturated carbocycles. The number of hydrazine groups is 1. The summed E-state index contributed by atoms with van der Waals surface area (Å²) in [4.78, 5) is 13.8. The number of benzene rings is 1. The maximum atomic E-state index is 5.58. The average Bonchev–Trinajstić information content (AvgIpc) is 3.47. The molecule has 4 heterocycles. The van der Waals surface area contributed by atoms with Crippen molar-refractivity contribution in [1.82, 2.24) is 19.7 Å². The summed E-state index contributed by atoms with van der Waals surface area (Å²) in [7, 11) is 0. The molecule has 3 aromatic rings. The van der Waals surface area contributed by atoms with Crippen LogP contribution in [0.25, 0.3) is 5.69 Å². The molecule has 1 aromatic carbocycles. The predicted octanol–water partition coefficient (Wildman–Crippen LogP) is 2.87. The van der Waals surface area contributed by atoms with Crippen molar-refractivity contribution in [3.05, 3.63) is 48.2 Å². The number of imidazole rings is 1. The van der Waals surface area contributed by atoms with Gasteiger partial charge in [-0.1, -0.05) is 25.0 Å². The van der Waals surface area contributed by atoms with Gasteiger partial charge in [0.25, 0.3) is 5.95 Å². The van der Waals surface area contributed by atoms with E-state index in [-0.39, 0.29) is 0 Å². The highest BCUT2D eigenvalue weighted by Crippen LogP contribution is 2.37. The number of hydrogen-bond acceptors (Lipinski definition) is 7. The quantitative estimate of drug-likeness (QED) is 0.709. The van der Waals surface area contributed by atoms with Crippen LogP contribution in [0.1, 0.15) is 43.1 Å². The van der Waals surface area contributed by atoms with Gasteiger partial charge in [0.05, 0.1) is 11.9 Å². The largest absolute Gasteiger partial charge is 0.337 e. The van der Waals surface area contributed by atoms with Crippen molar-refractivity contribution in [3.63, 3.8) is 0 Å². The van der Waals surface area contributed by atoms with Crippen LogP contribution in [-0.4, -0.2) is 32.2 Å². The van der Waals surface area contributed by atoms with Crippen LogP contribution in [0, 0.1) is 0 Å². The summed E-state index contributed by atoms with van der Waals surface area (Å²) < 4.78 is 7.64. The third-order valence-corrected chi connectivity index (χ3v) is 5.40.